The number of halogens is 1. The van der Waals surface area contributed by atoms with E-state index in [2.05, 4.69) is 10.1 Å². The number of hydrogen-bond acceptors (Lipinski definition) is 7. The van der Waals surface area contributed by atoms with Crippen LogP contribution in [-0.2, 0) is 32.6 Å². The van der Waals surface area contributed by atoms with Crippen molar-refractivity contribution in [1.29, 1.82) is 0 Å². The van der Waals surface area contributed by atoms with E-state index in [1.807, 2.05) is 32.0 Å². The van der Waals surface area contributed by atoms with Crippen molar-refractivity contribution in [3.05, 3.63) is 70.1 Å². The first-order valence-electron chi connectivity index (χ1n) is 11.0. The van der Waals surface area contributed by atoms with Crippen LogP contribution < -0.4 is 10.9 Å². The molecule has 0 radical (unpaired) electrons. The van der Waals surface area contributed by atoms with Crippen LogP contribution >= 0.6 is 0 Å². The van der Waals surface area contributed by atoms with Crippen LogP contribution in [0.4, 0.5) is 4.39 Å². The fraction of sp³-hybridized carbons (Fsp3) is 0.375. The third-order valence-electron chi connectivity index (χ3n) is 5.67. The lowest BCUT2D eigenvalue weighted by Crippen LogP contribution is -2.36. The number of nitrogens with two attached hydrogens (primary N) is 2. The summed E-state index contributed by atoms with van der Waals surface area (Å²) in [7, 11) is -4.10. The van der Waals surface area contributed by atoms with Crippen LogP contribution in [0, 0.1) is 32.5 Å². The predicted octanol–water partition coefficient (Wildman–Crippen LogP) is 2.60. The van der Waals surface area contributed by atoms with Gasteiger partial charge in [0.25, 0.3) is 0 Å². The van der Waals surface area contributed by atoms with Gasteiger partial charge in [-0.15, -0.1) is 5.10 Å². The summed E-state index contributed by atoms with van der Waals surface area (Å²) in [6, 6.07) is 7.30. The van der Waals surface area contributed by atoms with Crippen molar-refractivity contribution < 1.29 is 22.3 Å². The lowest BCUT2D eigenvalue weighted by Gasteiger charge is -2.13. The van der Waals surface area contributed by atoms with E-state index < -0.39 is 27.9 Å². The van der Waals surface area contributed by atoms with Crippen LogP contribution in [0.1, 0.15) is 47.8 Å². The zero-order chi connectivity index (χ0) is 26.1. The van der Waals surface area contributed by atoms with Crippen molar-refractivity contribution in [2.24, 2.45) is 16.8 Å². The van der Waals surface area contributed by atoms with E-state index in [0.29, 0.717) is 17.8 Å². The summed E-state index contributed by atoms with van der Waals surface area (Å²) < 4.78 is 45.3. The Morgan fingerprint density at radius 3 is 2.43 bits per heavy atom. The molecule has 1 aromatic heterocycles. The lowest BCUT2D eigenvalue weighted by molar-refractivity contribution is -0.147. The van der Waals surface area contributed by atoms with E-state index in [4.69, 9.17) is 15.6 Å². The maximum absolute atomic E-state index is 15.2. The number of esters is 1. The van der Waals surface area contributed by atoms with E-state index in [0.717, 1.165) is 22.8 Å². The van der Waals surface area contributed by atoms with E-state index in [1.165, 1.54) is 10.7 Å². The molecule has 11 heteroatoms. The van der Waals surface area contributed by atoms with E-state index >= 15 is 4.39 Å². The third-order valence-corrected chi connectivity index (χ3v) is 6.57. The van der Waals surface area contributed by atoms with Gasteiger partial charge in [-0.05, 0) is 55.5 Å². The molecule has 0 fully saturated rings. The Hall–Kier alpha value is -3.15. The van der Waals surface area contributed by atoms with Gasteiger partial charge in [-0.3, -0.25) is 4.79 Å². The van der Waals surface area contributed by atoms with Gasteiger partial charge >= 0.3 is 5.97 Å². The number of ether oxygens (including phenoxy) is 1. The number of aryl methyl sites for hydroxylation is 3. The number of sulfonamides is 1. The molecule has 0 aliphatic rings. The first-order chi connectivity index (χ1) is 16.3. The number of nitrogens with zero attached hydrogens (tertiary/aromatic N) is 3. The number of carbonyl (C=O) groups excluding carboxylic acids is 1. The molecule has 188 valence electrons. The van der Waals surface area contributed by atoms with Gasteiger partial charge in [-0.2, -0.15) is 0 Å². The molecule has 0 aliphatic heterocycles. The van der Waals surface area contributed by atoms with Gasteiger partial charge in [0.2, 0.25) is 10.0 Å². The number of aromatic nitrogens is 3. The quantitative estimate of drug-likeness (QED) is 0.450. The molecule has 2 aromatic carbocycles. The number of rotatable bonds is 8. The molecule has 3 aromatic rings. The highest BCUT2D eigenvalue weighted by molar-refractivity contribution is 7.89. The Balaban J connectivity index is 2.07. The first-order valence-corrected chi connectivity index (χ1v) is 12.6. The summed E-state index contributed by atoms with van der Waals surface area (Å²) >= 11 is 0. The molecule has 0 saturated heterocycles. The topological polar surface area (TPSA) is 143 Å². The molecule has 9 nitrogen and oxygen atoms in total. The number of benzene rings is 2. The molecule has 1 unspecified atom stereocenters. The highest BCUT2D eigenvalue weighted by Gasteiger charge is 2.23. The first kappa shape index (κ1) is 26.5. The zero-order valence-electron chi connectivity index (χ0n) is 20.4. The molecule has 1 heterocycles. The number of carbonyl (C=O) groups is 1. The average molecular weight is 504 g/mol. The van der Waals surface area contributed by atoms with Crippen LogP contribution in [0.25, 0.3) is 5.69 Å². The molecule has 4 N–H and O–H groups in total. The van der Waals surface area contributed by atoms with Gasteiger partial charge in [0.1, 0.15) is 17.6 Å². The maximum atomic E-state index is 15.2. The van der Waals surface area contributed by atoms with E-state index in [1.54, 1.807) is 20.8 Å². The molecule has 0 spiro atoms. The molecule has 1 atom stereocenters. The highest BCUT2D eigenvalue weighted by atomic mass is 32.2. The van der Waals surface area contributed by atoms with Crippen molar-refractivity contribution in [3.8, 4) is 5.69 Å². The minimum atomic E-state index is -4.10. The second-order valence-electron chi connectivity index (χ2n) is 8.96. The van der Waals surface area contributed by atoms with Gasteiger partial charge < -0.3 is 10.5 Å². The summed E-state index contributed by atoms with van der Waals surface area (Å²) in [6.45, 7) is 8.83. The minimum absolute atomic E-state index is 0.0293. The fourth-order valence-corrected chi connectivity index (χ4v) is 4.16. The van der Waals surface area contributed by atoms with Gasteiger partial charge in [-0.25, -0.2) is 27.6 Å². The van der Waals surface area contributed by atoms with Gasteiger partial charge in [0, 0.05) is 6.42 Å². The van der Waals surface area contributed by atoms with Crippen LogP contribution in [0.15, 0.2) is 35.2 Å². The molecule has 0 saturated carbocycles. The molecular weight excluding hydrogens is 473 g/mol. The van der Waals surface area contributed by atoms with Crippen molar-refractivity contribution in [3.63, 3.8) is 0 Å². The summed E-state index contributed by atoms with van der Waals surface area (Å²) in [5.74, 6) is -0.979. The Bertz CT molecular complexity index is 1350. The second kappa shape index (κ2) is 10.2. The molecule has 0 aliphatic carbocycles. The molecular formula is C24H30FN5O4S. The lowest BCUT2D eigenvalue weighted by atomic mass is 10.0. The normalized spacial score (nSPS) is 12.7. The molecule has 35 heavy (non-hydrogen) atoms. The van der Waals surface area contributed by atoms with Crippen LogP contribution in [0.2, 0.25) is 0 Å². The van der Waals surface area contributed by atoms with Gasteiger partial charge in [0.15, 0.2) is 18.2 Å². The Morgan fingerprint density at radius 1 is 1.14 bits per heavy atom. The van der Waals surface area contributed by atoms with Crippen molar-refractivity contribution in [2.45, 2.75) is 58.6 Å². The fourth-order valence-electron chi connectivity index (χ4n) is 3.55. The standard InChI is InChI=1S/C24H30FN5O4S/c1-13(2)22(26)24(31)34-12-20-28-21(10-17-8-14(3)6-7-15(17)4)30(29-20)23-16(5)9-18(11-19(23)25)35(27,32)33/h6-9,11,13,22H,10,12,26H2,1-5H3,(H2,27,32,33). The SMILES string of the molecule is Cc1ccc(C)c(Cc2nc(COC(=O)C(N)C(C)C)nn2-c2c(C)cc(S(N)(=O)=O)cc2F)c1. The Labute approximate surface area is 204 Å². The summed E-state index contributed by atoms with van der Waals surface area (Å²) in [4.78, 5) is 16.4. The predicted molar refractivity (Wildman–Crippen MR) is 129 cm³/mol. The van der Waals surface area contributed by atoms with Crippen molar-refractivity contribution in [1.82, 2.24) is 14.8 Å². The van der Waals surface area contributed by atoms with Crippen LogP contribution in [-0.4, -0.2) is 35.2 Å². The number of primary sulfonamides is 1. The third kappa shape index (κ3) is 6.11. The zero-order valence-corrected chi connectivity index (χ0v) is 21.2. The molecule has 0 bridgehead atoms. The summed E-state index contributed by atoms with van der Waals surface area (Å²) in [6.07, 6.45) is 0.315. The Morgan fingerprint density at radius 2 is 1.83 bits per heavy atom. The monoisotopic (exact) mass is 503 g/mol. The molecule has 0 amide bonds. The molecule has 3 rings (SSSR count). The summed E-state index contributed by atoms with van der Waals surface area (Å²) in [5.41, 5.74) is 9.20. The van der Waals surface area contributed by atoms with E-state index in [9.17, 15) is 13.2 Å². The van der Waals surface area contributed by atoms with Crippen molar-refractivity contribution >= 4 is 16.0 Å². The minimum Gasteiger partial charge on any atom is -0.456 e. The smallest absolute Gasteiger partial charge is 0.323 e. The van der Waals surface area contributed by atoms with Crippen molar-refractivity contribution in [2.75, 3.05) is 0 Å². The maximum Gasteiger partial charge on any atom is 0.323 e. The largest absolute Gasteiger partial charge is 0.456 e. The Kier molecular flexibility index (Phi) is 7.73. The second-order valence-corrected chi connectivity index (χ2v) is 10.5. The number of hydrogen-bond donors (Lipinski definition) is 2. The van der Waals surface area contributed by atoms with Crippen LogP contribution in [0.3, 0.4) is 0 Å². The van der Waals surface area contributed by atoms with E-state index in [-0.39, 0.29) is 28.9 Å². The summed E-state index contributed by atoms with van der Waals surface area (Å²) in [5, 5.41) is 9.56. The average Bonchev–Trinajstić information content (AvgIpc) is 3.15. The van der Waals surface area contributed by atoms with Gasteiger partial charge in [-0.1, -0.05) is 37.6 Å². The van der Waals surface area contributed by atoms with Crippen LogP contribution in [0.5, 0.6) is 0 Å². The van der Waals surface area contributed by atoms with Gasteiger partial charge in [0.05, 0.1) is 4.90 Å². The highest BCUT2D eigenvalue weighted by Crippen LogP contribution is 2.25.